The highest BCUT2D eigenvalue weighted by atomic mass is 15.2. The largest absolute Gasteiger partial charge is 0.310 e. The lowest BCUT2D eigenvalue weighted by Crippen LogP contribution is -2.31. The van der Waals surface area contributed by atoms with Gasteiger partial charge in [0.15, 0.2) is 5.82 Å². The molecule has 0 aliphatic carbocycles. The number of para-hydroxylation sites is 3. The smallest absolute Gasteiger partial charge is 0.160 e. The van der Waals surface area contributed by atoms with Crippen molar-refractivity contribution in [1.82, 2.24) is 19.1 Å². The van der Waals surface area contributed by atoms with Gasteiger partial charge in [-0.05, 0) is 109 Å². The van der Waals surface area contributed by atoms with Crippen LogP contribution < -0.4 is 4.90 Å². The molecule has 0 saturated heterocycles. The van der Waals surface area contributed by atoms with Crippen LogP contribution in [0.3, 0.4) is 0 Å². The first kappa shape index (κ1) is 39.8. The Morgan fingerprint density at radius 1 is 0.478 bits per heavy atom. The molecule has 5 heteroatoms. The van der Waals surface area contributed by atoms with E-state index in [1.165, 1.54) is 43.9 Å². The van der Waals surface area contributed by atoms with Gasteiger partial charge in [0.05, 0.1) is 45.0 Å². The topological polar surface area (TPSA) is 38.9 Å². The van der Waals surface area contributed by atoms with Gasteiger partial charge >= 0.3 is 0 Å². The maximum atomic E-state index is 5.80. The van der Waals surface area contributed by atoms with Gasteiger partial charge in [-0.15, -0.1) is 6.42 Å². The van der Waals surface area contributed by atoms with E-state index in [1.807, 2.05) is 24.3 Å². The molecule has 8 aromatic carbocycles. The van der Waals surface area contributed by atoms with Gasteiger partial charge in [-0.1, -0.05) is 147 Å². The number of nitrogens with zero attached hydrogens (tertiary/aromatic N) is 5. The molecule has 0 N–H and O–H groups in total. The van der Waals surface area contributed by atoms with Crippen LogP contribution in [0.5, 0.6) is 0 Å². The average Bonchev–Trinajstić information content (AvgIpc) is 3.87. The Bertz CT molecular complexity index is 3680. The summed E-state index contributed by atoms with van der Waals surface area (Å²) in [5.41, 5.74) is 18.1. The Balaban J connectivity index is 1.05. The summed E-state index contributed by atoms with van der Waals surface area (Å²) in [4.78, 5) is 12.6. The number of hydrogen-bond donors (Lipinski definition) is 0. The molecule has 1 aliphatic rings. The van der Waals surface area contributed by atoms with Crippen LogP contribution in [-0.4, -0.2) is 19.1 Å². The predicted octanol–water partition coefficient (Wildman–Crippen LogP) is 15.6. The molecule has 1 aliphatic heterocycles. The second-order valence-electron chi connectivity index (χ2n) is 17.8. The van der Waals surface area contributed by atoms with Crippen molar-refractivity contribution >= 4 is 55.8 Å². The first-order valence-corrected chi connectivity index (χ1v) is 22.8. The zero-order valence-electron chi connectivity index (χ0n) is 37.5. The number of rotatable bonds is 7. The van der Waals surface area contributed by atoms with E-state index in [1.54, 1.807) is 6.08 Å². The number of aryl methyl sites for hydroxylation is 1. The van der Waals surface area contributed by atoms with Crippen molar-refractivity contribution in [2.75, 3.05) is 4.90 Å². The number of terminal acetylenes is 1. The van der Waals surface area contributed by atoms with Crippen LogP contribution in [0.15, 0.2) is 206 Å². The zero-order valence-corrected chi connectivity index (χ0v) is 37.5. The first-order valence-electron chi connectivity index (χ1n) is 22.8. The molecule has 0 saturated carbocycles. The van der Waals surface area contributed by atoms with E-state index >= 15 is 0 Å². The molecule has 318 valence electrons. The Kier molecular flexibility index (Phi) is 9.37. The van der Waals surface area contributed by atoms with Crippen LogP contribution in [-0.2, 0) is 5.41 Å². The third kappa shape index (κ3) is 6.49. The third-order valence-electron chi connectivity index (χ3n) is 13.6. The molecule has 0 radical (unpaired) electrons. The monoisotopic (exact) mass is 859 g/mol. The molecule has 3 aromatic heterocycles. The van der Waals surface area contributed by atoms with Gasteiger partial charge in [0.1, 0.15) is 0 Å². The van der Waals surface area contributed by atoms with E-state index in [4.69, 9.17) is 16.4 Å². The summed E-state index contributed by atoms with van der Waals surface area (Å²) in [6.07, 6.45) is 9.66. The zero-order chi connectivity index (χ0) is 45.2. The number of allylic oxidation sites excluding steroid dienone is 1. The highest BCUT2D eigenvalue weighted by Crippen LogP contribution is 2.53. The van der Waals surface area contributed by atoms with Crippen molar-refractivity contribution in [3.05, 3.63) is 229 Å². The molecule has 4 heterocycles. The van der Waals surface area contributed by atoms with Crippen molar-refractivity contribution < 1.29 is 0 Å². The second-order valence-corrected chi connectivity index (χ2v) is 17.8. The summed E-state index contributed by atoms with van der Waals surface area (Å²) >= 11 is 0. The Morgan fingerprint density at radius 3 is 1.51 bits per heavy atom. The fourth-order valence-corrected chi connectivity index (χ4v) is 10.3. The van der Waals surface area contributed by atoms with E-state index in [2.05, 4.69) is 223 Å². The molecule has 0 amide bonds. The molecular formula is C62H45N5. The van der Waals surface area contributed by atoms with E-state index in [-0.39, 0.29) is 0 Å². The molecule has 12 rings (SSSR count). The van der Waals surface area contributed by atoms with Crippen LogP contribution in [0.25, 0.3) is 84.1 Å². The third-order valence-corrected chi connectivity index (χ3v) is 13.6. The SMILES string of the molecule is C#C/C=C\c1c(C)c2ccccc2n1-c1ccc2c(c1)C(C)(C)c1cc(-n3c4ccccc4c4ccccc43)ccc1N2c1ccc(-c2cc(-c3ccccc3)nc(-c3ccccc3)n2)cc1. The number of fused-ring (bicyclic) bond motifs is 6. The van der Waals surface area contributed by atoms with Crippen LogP contribution in [0.4, 0.5) is 17.1 Å². The molecule has 67 heavy (non-hydrogen) atoms. The predicted molar refractivity (Wildman–Crippen MR) is 279 cm³/mol. The van der Waals surface area contributed by atoms with Crippen molar-refractivity contribution in [3.63, 3.8) is 0 Å². The minimum atomic E-state index is -0.401. The van der Waals surface area contributed by atoms with Gasteiger partial charge in [0, 0.05) is 55.3 Å². The number of hydrogen-bond acceptors (Lipinski definition) is 3. The summed E-state index contributed by atoms with van der Waals surface area (Å²) in [6.45, 7) is 6.92. The molecule has 0 atom stereocenters. The van der Waals surface area contributed by atoms with E-state index < -0.39 is 5.41 Å². The summed E-state index contributed by atoms with van der Waals surface area (Å²) in [5, 5.41) is 3.69. The van der Waals surface area contributed by atoms with Crippen LogP contribution in [0.1, 0.15) is 36.2 Å². The summed E-state index contributed by atoms with van der Waals surface area (Å²) in [6, 6.07) is 71.5. The van der Waals surface area contributed by atoms with Gasteiger partial charge in [-0.25, -0.2) is 9.97 Å². The summed E-state index contributed by atoms with van der Waals surface area (Å²) in [7, 11) is 0. The lowest BCUT2D eigenvalue weighted by Gasteiger charge is -2.42. The maximum Gasteiger partial charge on any atom is 0.160 e. The van der Waals surface area contributed by atoms with Crippen molar-refractivity contribution in [3.8, 4) is 57.6 Å². The molecule has 0 spiro atoms. The molecule has 0 fully saturated rings. The molecule has 5 nitrogen and oxygen atoms in total. The summed E-state index contributed by atoms with van der Waals surface area (Å²) in [5.74, 6) is 3.42. The van der Waals surface area contributed by atoms with Crippen LogP contribution in [0.2, 0.25) is 0 Å². The maximum absolute atomic E-state index is 5.80. The lowest BCUT2D eigenvalue weighted by molar-refractivity contribution is 0.631. The number of aromatic nitrogens is 4. The highest BCUT2D eigenvalue weighted by Gasteiger charge is 2.38. The normalized spacial score (nSPS) is 13.0. The van der Waals surface area contributed by atoms with Crippen molar-refractivity contribution in [2.45, 2.75) is 26.2 Å². The van der Waals surface area contributed by atoms with Gasteiger partial charge in [0.25, 0.3) is 0 Å². The number of benzene rings is 8. The number of anilines is 3. The Labute approximate surface area is 390 Å². The fourth-order valence-electron chi connectivity index (χ4n) is 10.3. The standard InChI is InChI=1S/C62H45N5/c1-5-6-26-55-41(2)48-23-13-16-27-56(48)66(55)46-34-36-59-51(38-46)62(3,4)52-39-47(67-57-28-17-14-24-49(57)50-25-15-18-29-58(50)67)35-37-60(52)65(59)45-32-30-43(31-33-45)54-40-53(42-19-9-7-10-20-42)63-61(64-54)44-21-11-8-12-22-44/h1,6-40H,2-4H3/b26-6-. The minimum Gasteiger partial charge on any atom is -0.310 e. The summed E-state index contributed by atoms with van der Waals surface area (Å²) < 4.78 is 4.77. The molecule has 0 unspecified atom stereocenters. The average molecular weight is 860 g/mol. The van der Waals surface area contributed by atoms with Crippen molar-refractivity contribution in [1.29, 1.82) is 0 Å². The minimum absolute atomic E-state index is 0.401. The first-order chi connectivity index (χ1) is 32.9. The van der Waals surface area contributed by atoms with Gasteiger partial charge in [-0.2, -0.15) is 0 Å². The Morgan fingerprint density at radius 2 is 0.940 bits per heavy atom. The van der Waals surface area contributed by atoms with Crippen molar-refractivity contribution in [2.24, 2.45) is 0 Å². The van der Waals surface area contributed by atoms with Gasteiger partial charge < -0.3 is 14.0 Å². The molecule has 11 aromatic rings. The van der Waals surface area contributed by atoms with E-state index in [0.717, 1.165) is 67.7 Å². The quantitative estimate of drug-likeness (QED) is 0.150. The van der Waals surface area contributed by atoms with Gasteiger partial charge in [-0.3, -0.25) is 0 Å². The lowest BCUT2D eigenvalue weighted by atomic mass is 9.73. The highest BCUT2D eigenvalue weighted by molar-refractivity contribution is 6.09. The fraction of sp³-hybridized carbons (Fsp3) is 0.0645. The van der Waals surface area contributed by atoms with Gasteiger partial charge in [0.2, 0.25) is 0 Å². The second kappa shape index (κ2) is 15.8. The molecule has 0 bridgehead atoms. The van der Waals surface area contributed by atoms with E-state index in [9.17, 15) is 0 Å². The molecular weight excluding hydrogens is 815 g/mol. The Hall–Kier alpha value is -8.72. The van der Waals surface area contributed by atoms with Crippen LogP contribution in [0, 0.1) is 19.3 Å². The van der Waals surface area contributed by atoms with Crippen LogP contribution >= 0.6 is 0 Å². The van der Waals surface area contributed by atoms with E-state index in [0.29, 0.717) is 5.82 Å².